The molecule has 1 aromatic heterocycles. The van der Waals surface area contributed by atoms with E-state index in [1.165, 1.54) is 15.6 Å². The predicted molar refractivity (Wildman–Crippen MR) is 122 cm³/mol. The van der Waals surface area contributed by atoms with Crippen molar-refractivity contribution in [2.24, 2.45) is 5.92 Å². The molecule has 1 aromatic carbocycles. The second kappa shape index (κ2) is 9.32. The van der Waals surface area contributed by atoms with Gasteiger partial charge in [0.1, 0.15) is 11.2 Å². The Morgan fingerprint density at radius 3 is 2.69 bits per heavy atom. The number of fused-ring (bicyclic) bond motifs is 1. The van der Waals surface area contributed by atoms with Crippen molar-refractivity contribution in [1.82, 2.24) is 15.1 Å². The van der Waals surface area contributed by atoms with Crippen LogP contribution in [0.1, 0.15) is 60.7 Å². The number of nitrogens with one attached hydrogen (secondary N) is 1. The third-order valence-corrected chi connectivity index (χ3v) is 5.78. The van der Waals surface area contributed by atoms with Crippen LogP contribution in [0.2, 0.25) is 5.02 Å². The first-order valence-electron chi connectivity index (χ1n) is 10.7. The van der Waals surface area contributed by atoms with Crippen LogP contribution in [0.15, 0.2) is 24.3 Å². The number of aryl methyl sites for hydroxylation is 1. The van der Waals surface area contributed by atoms with Gasteiger partial charge in [0.25, 0.3) is 5.91 Å². The average Bonchev–Trinajstić information content (AvgIpc) is 3.14. The molecule has 0 fully saturated rings. The second-order valence-corrected chi connectivity index (χ2v) is 9.01. The van der Waals surface area contributed by atoms with Crippen LogP contribution in [0.4, 0.5) is 5.69 Å². The Morgan fingerprint density at radius 1 is 1.31 bits per heavy atom. The highest BCUT2D eigenvalue weighted by Gasteiger charge is 2.49. The number of esters is 1. The van der Waals surface area contributed by atoms with Crippen LogP contribution in [0.3, 0.4) is 0 Å². The molecule has 2 heterocycles. The van der Waals surface area contributed by atoms with Crippen molar-refractivity contribution in [3.8, 4) is 0 Å². The molecule has 1 unspecified atom stereocenters. The van der Waals surface area contributed by atoms with Gasteiger partial charge in [0.15, 0.2) is 5.69 Å². The van der Waals surface area contributed by atoms with Crippen LogP contribution in [0.25, 0.3) is 0 Å². The number of hydrogen-bond acceptors (Lipinski definition) is 5. The molecule has 172 valence electrons. The summed E-state index contributed by atoms with van der Waals surface area (Å²) >= 11 is 6.24. The van der Waals surface area contributed by atoms with E-state index in [9.17, 15) is 14.4 Å². The van der Waals surface area contributed by atoms with Crippen LogP contribution in [0.5, 0.6) is 0 Å². The standard InChI is InChI=1S/C23H29ClN4O4/c1-6-32-21(30)17-12-19-20(29)28(18-11-16(24)8-7-15(18)4)23(5,13-27(19)26-17)22(31)25-10-9-14(2)3/h7-8,11-12,14H,6,9-10,13H2,1-5H3,(H,25,31). The number of amides is 2. The molecular weight excluding hydrogens is 432 g/mol. The van der Waals surface area contributed by atoms with Crippen LogP contribution in [-0.2, 0) is 16.1 Å². The van der Waals surface area contributed by atoms with Gasteiger partial charge in [0.05, 0.1) is 13.2 Å². The maximum atomic E-state index is 13.7. The number of anilines is 1. The normalized spacial score (nSPS) is 18.0. The van der Waals surface area contributed by atoms with Gasteiger partial charge in [-0.3, -0.25) is 19.2 Å². The maximum Gasteiger partial charge on any atom is 0.358 e. The highest BCUT2D eigenvalue weighted by molar-refractivity contribution is 6.31. The SMILES string of the molecule is CCOC(=O)c1cc2n(n1)CC(C)(C(=O)NCCC(C)C)N(c1cc(Cl)ccc1C)C2=O. The number of hydrogen-bond donors (Lipinski definition) is 1. The van der Waals surface area contributed by atoms with E-state index >= 15 is 0 Å². The van der Waals surface area contributed by atoms with Gasteiger partial charge in [0, 0.05) is 23.3 Å². The molecule has 0 saturated carbocycles. The van der Waals surface area contributed by atoms with E-state index in [-0.39, 0.29) is 30.4 Å². The van der Waals surface area contributed by atoms with Gasteiger partial charge < -0.3 is 10.1 Å². The van der Waals surface area contributed by atoms with Crippen molar-refractivity contribution in [3.05, 3.63) is 46.2 Å². The first-order chi connectivity index (χ1) is 15.1. The van der Waals surface area contributed by atoms with Gasteiger partial charge in [-0.05, 0) is 50.8 Å². The summed E-state index contributed by atoms with van der Waals surface area (Å²) in [5.74, 6) is -0.932. The Bertz CT molecular complexity index is 1050. The summed E-state index contributed by atoms with van der Waals surface area (Å²) in [6.45, 7) is 10.2. The summed E-state index contributed by atoms with van der Waals surface area (Å²) in [7, 11) is 0. The average molecular weight is 461 g/mol. The van der Waals surface area contributed by atoms with Gasteiger partial charge in [0.2, 0.25) is 5.91 Å². The van der Waals surface area contributed by atoms with E-state index in [0.29, 0.717) is 23.2 Å². The molecule has 0 aliphatic carbocycles. The summed E-state index contributed by atoms with van der Waals surface area (Å²) in [4.78, 5) is 40.7. The maximum absolute atomic E-state index is 13.7. The highest BCUT2D eigenvalue weighted by Crippen LogP contribution is 2.36. The molecular formula is C23H29ClN4O4. The lowest BCUT2D eigenvalue weighted by Crippen LogP contribution is -2.64. The van der Waals surface area contributed by atoms with Crippen LogP contribution >= 0.6 is 11.6 Å². The summed E-state index contributed by atoms with van der Waals surface area (Å²) in [6.07, 6.45) is 0.811. The van der Waals surface area contributed by atoms with Gasteiger partial charge in [-0.2, -0.15) is 5.10 Å². The Labute approximate surface area is 192 Å². The Kier molecular flexibility index (Phi) is 6.93. The number of aromatic nitrogens is 2. The Hall–Kier alpha value is -2.87. The quantitative estimate of drug-likeness (QED) is 0.637. The van der Waals surface area contributed by atoms with Crippen LogP contribution in [-0.4, -0.2) is 46.3 Å². The zero-order valence-electron chi connectivity index (χ0n) is 19.1. The molecule has 3 rings (SSSR count). The number of halogens is 1. The largest absolute Gasteiger partial charge is 0.461 e. The van der Waals surface area contributed by atoms with E-state index in [0.717, 1.165) is 12.0 Å². The lowest BCUT2D eigenvalue weighted by molar-refractivity contribution is -0.126. The van der Waals surface area contributed by atoms with Gasteiger partial charge in [-0.15, -0.1) is 0 Å². The molecule has 1 aliphatic heterocycles. The van der Waals surface area contributed by atoms with E-state index in [4.69, 9.17) is 16.3 Å². The van der Waals surface area contributed by atoms with Gasteiger partial charge in [-0.1, -0.05) is 31.5 Å². The predicted octanol–water partition coefficient (Wildman–Crippen LogP) is 3.60. The first kappa shape index (κ1) is 23.8. The van der Waals surface area contributed by atoms with Crippen molar-refractivity contribution < 1.29 is 19.1 Å². The van der Waals surface area contributed by atoms with Crippen molar-refractivity contribution in [1.29, 1.82) is 0 Å². The van der Waals surface area contributed by atoms with Crippen molar-refractivity contribution in [2.75, 3.05) is 18.1 Å². The minimum Gasteiger partial charge on any atom is -0.461 e. The first-order valence-corrected chi connectivity index (χ1v) is 11.1. The molecule has 8 nitrogen and oxygen atoms in total. The summed E-state index contributed by atoms with van der Waals surface area (Å²) in [5, 5.41) is 7.67. The van der Waals surface area contributed by atoms with Crippen molar-refractivity contribution in [2.45, 2.75) is 53.1 Å². The fourth-order valence-electron chi connectivity index (χ4n) is 3.75. The number of carbonyl (C=O) groups excluding carboxylic acids is 3. The smallest absolute Gasteiger partial charge is 0.358 e. The van der Waals surface area contributed by atoms with Crippen molar-refractivity contribution >= 4 is 35.1 Å². The summed E-state index contributed by atoms with van der Waals surface area (Å²) in [6, 6.07) is 6.62. The molecule has 2 aromatic rings. The van der Waals surface area contributed by atoms with E-state index < -0.39 is 17.4 Å². The van der Waals surface area contributed by atoms with Gasteiger partial charge in [-0.25, -0.2) is 4.79 Å². The lowest BCUT2D eigenvalue weighted by atomic mass is 9.93. The van der Waals surface area contributed by atoms with Crippen molar-refractivity contribution in [3.63, 3.8) is 0 Å². The second-order valence-electron chi connectivity index (χ2n) is 8.58. The number of rotatable bonds is 7. The zero-order valence-corrected chi connectivity index (χ0v) is 19.8. The molecule has 1 aliphatic rings. The molecule has 0 radical (unpaired) electrons. The lowest BCUT2D eigenvalue weighted by Gasteiger charge is -2.43. The molecule has 0 bridgehead atoms. The molecule has 1 atom stereocenters. The topological polar surface area (TPSA) is 93.5 Å². The third-order valence-electron chi connectivity index (χ3n) is 5.55. The minimum atomic E-state index is -1.28. The third kappa shape index (κ3) is 4.50. The Balaban J connectivity index is 2.08. The minimum absolute atomic E-state index is 0.0300. The molecule has 2 amide bonds. The zero-order chi connectivity index (χ0) is 23.6. The number of ether oxygens (including phenoxy) is 1. The van der Waals surface area contributed by atoms with E-state index in [2.05, 4.69) is 24.3 Å². The molecule has 1 N–H and O–H groups in total. The Morgan fingerprint density at radius 2 is 2.03 bits per heavy atom. The van der Waals surface area contributed by atoms with E-state index in [1.807, 2.05) is 6.92 Å². The number of benzene rings is 1. The van der Waals surface area contributed by atoms with Crippen LogP contribution in [0, 0.1) is 12.8 Å². The fraction of sp³-hybridized carbons (Fsp3) is 0.478. The molecule has 32 heavy (non-hydrogen) atoms. The fourth-order valence-corrected chi connectivity index (χ4v) is 3.92. The summed E-state index contributed by atoms with van der Waals surface area (Å²) in [5.41, 5.74) is 0.285. The molecule has 0 saturated heterocycles. The number of carbonyl (C=O) groups is 3. The van der Waals surface area contributed by atoms with Gasteiger partial charge >= 0.3 is 5.97 Å². The monoisotopic (exact) mass is 460 g/mol. The molecule has 0 spiro atoms. The van der Waals surface area contributed by atoms with E-state index in [1.54, 1.807) is 32.0 Å². The summed E-state index contributed by atoms with van der Waals surface area (Å²) < 4.78 is 6.44. The highest BCUT2D eigenvalue weighted by atomic mass is 35.5. The van der Waals surface area contributed by atoms with Crippen LogP contribution < -0.4 is 10.2 Å². The molecule has 9 heteroatoms. The number of nitrogens with zero attached hydrogens (tertiary/aromatic N) is 3.